The molecule has 1 aliphatic heterocycles. The lowest BCUT2D eigenvalue weighted by atomic mass is 10.0. The number of hydrogen-bond acceptors (Lipinski definition) is 6. The molecule has 0 spiro atoms. The molecule has 0 radical (unpaired) electrons. The number of fused-ring (bicyclic) bond motifs is 1. The summed E-state index contributed by atoms with van der Waals surface area (Å²) in [7, 11) is 6.46. The molecule has 31 heavy (non-hydrogen) atoms. The van der Waals surface area contributed by atoms with Crippen LogP contribution in [-0.4, -0.2) is 45.0 Å². The maximum absolute atomic E-state index is 12.7. The zero-order valence-electron chi connectivity index (χ0n) is 18.3. The summed E-state index contributed by atoms with van der Waals surface area (Å²) in [6, 6.07) is 9.53. The van der Waals surface area contributed by atoms with Gasteiger partial charge in [0.05, 0.1) is 51.5 Å². The highest BCUT2D eigenvalue weighted by atomic mass is 16.5. The van der Waals surface area contributed by atoms with E-state index in [1.54, 1.807) is 40.6 Å². The average molecular weight is 426 g/mol. The van der Waals surface area contributed by atoms with Gasteiger partial charge in [-0.2, -0.15) is 0 Å². The number of ether oxygens (including phenoxy) is 4. The van der Waals surface area contributed by atoms with Gasteiger partial charge in [0.1, 0.15) is 24.1 Å². The topological polar surface area (TPSA) is 87.1 Å². The van der Waals surface area contributed by atoms with Gasteiger partial charge in [-0.15, -0.1) is 0 Å². The normalized spacial score (nSPS) is 18.2. The lowest BCUT2D eigenvalue weighted by Crippen LogP contribution is -3.09. The summed E-state index contributed by atoms with van der Waals surface area (Å²) in [6.45, 7) is 1.59. The van der Waals surface area contributed by atoms with Crippen molar-refractivity contribution in [3.05, 3.63) is 52.1 Å². The zero-order chi connectivity index (χ0) is 22.0. The first-order valence-electron chi connectivity index (χ1n) is 10.3. The second kappa shape index (κ2) is 8.85. The highest BCUT2D eigenvalue weighted by molar-refractivity contribution is 5.81. The van der Waals surface area contributed by atoms with Gasteiger partial charge in [0.15, 0.2) is 17.3 Å². The third-order valence-corrected chi connectivity index (χ3v) is 5.95. The van der Waals surface area contributed by atoms with Crippen LogP contribution in [0, 0.1) is 0 Å². The van der Waals surface area contributed by atoms with Crippen molar-refractivity contribution < 1.29 is 23.8 Å². The Kier molecular flexibility index (Phi) is 5.99. The fourth-order valence-corrected chi connectivity index (χ4v) is 4.42. The molecule has 2 heterocycles. The average Bonchev–Trinajstić information content (AvgIpc) is 3.25. The highest BCUT2D eigenvalue weighted by Gasteiger charge is 2.33. The van der Waals surface area contributed by atoms with E-state index in [9.17, 15) is 4.79 Å². The Morgan fingerprint density at radius 3 is 2.45 bits per heavy atom. The number of benzene rings is 2. The molecule has 1 unspecified atom stereocenters. The van der Waals surface area contributed by atoms with Crippen LogP contribution in [0.15, 0.2) is 35.1 Å². The number of hydrogen-bond donors (Lipinski definition) is 2. The van der Waals surface area contributed by atoms with E-state index < -0.39 is 0 Å². The summed E-state index contributed by atoms with van der Waals surface area (Å²) < 4.78 is 21.7. The zero-order valence-corrected chi connectivity index (χ0v) is 18.3. The number of quaternary nitrogens is 1. The molecule has 8 heteroatoms. The predicted octanol–water partition coefficient (Wildman–Crippen LogP) is 1.88. The van der Waals surface area contributed by atoms with E-state index in [1.165, 1.54) is 4.90 Å². The molecule has 1 fully saturated rings. The van der Waals surface area contributed by atoms with Gasteiger partial charge >= 0.3 is 0 Å². The second-order valence-electron chi connectivity index (χ2n) is 7.62. The molecule has 164 valence electrons. The molecule has 3 aromatic rings. The van der Waals surface area contributed by atoms with Gasteiger partial charge in [0.25, 0.3) is 5.56 Å². The van der Waals surface area contributed by atoms with E-state index >= 15 is 0 Å². The van der Waals surface area contributed by atoms with Crippen molar-refractivity contribution in [1.82, 2.24) is 9.97 Å². The van der Waals surface area contributed by atoms with Gasteiger partial charge in [-0.05, 0) is 24.3 Å². The Hall–Kier alpha value is -3.26. The molecule has 0 amide bonds. The van der Waals surface area contributed by atoms with Crippen molar-refractivity contribution in [3.8, 4) is 23.0 Å². The summed E-state index contributed by atoms with van der Waals surface area (Å²) >= 11 is 0. The summed E-state index contributed by atoms with van der Waals surface area (Å²) in [5, 5.41) is 0.476. The molecule has 0 aliphatic carbocycles. The summed E-state index contributed by atoms with van der Waals surface area (Å²) in [4.78, 5) is 21.7. The number of H-pyrrole nitrogens is 1. The minimum Gasteiger partial charge on any atom is -0.497 e. The van der Waals surface area contributed by atoms with Crippen molar-refractivity contribution in [2.24, 2.45) is 0 Å². The number of likely N-dealkylation sites (tertiary alicyclic amines) is 1. The van der Waals surface area contributed by atoms with Gasteiger partial charge in [0.2, 0.25) is 0 Å². The van der Waals surface area contributed by atoms with Crippen molar-refractivity contribution in [1.29, 1.82) is 0 Å². The van der Waals surface area contributed by atoms with E-state index in [1.807, 2.05) is 18.2 Å². The van der Waals surface area contributed by atoms with E-state index in [-0.39, 0.29) is 11.6 Å². The number of nitrogens with zero attached hydrogens (tertiary/aromatic N) is 1. The third-order valence-electron chi connectivity index (χ3n) is 5.95. The van der Waals surface area contributed by atoms with Crippen molar-refractivity contribution in [2.45, 2.75) is 25.4 Å². The minimum absolute atomic E-state index is 0.185. The molecule has 8 nitrogen and oxygen atoms in total. The minimum atomic E-state index is -0.185. The maximum atomic E-state index is 12.7. The molecular formula is C23H28N3O5+. The number of nitrogens with one attached hydrogen (secondary N) is 2. The van der Waals surface area contributed by atoms with Gasteiger partial charge < -0.3 is 28.8 Å². The SMILES string of the molecule is COc1ccc(OC)c([C@@H]2CCC[NH+]2Cc2nc3cc(OC)c(OC)cc3c(=O)[nH]2)c1. The quantitative estimate of drug-likeness (QED) is 0.600. The van der Waals surface area contributed by atoms with Crippen LogP contribution in [0.3, 0.4) is 0 Å². The van der Waals surface area contributed by atoms with Crippen molar-refractivity contribution >= 4 is 10.9 Å². The first kappa shape index (κ1) is 21.0. The molecule has 1 saturated heterocycles. The van der Waals surface area contributed by atoms with E-state index in [4.69, 9.17) is 23.9 Å². The molecule has 0 saturated carbocycles. The van der Waals surface area contributed by atoms with Gasteiger partial charge in [-0.25, -0.2) is 4.98 Å². The van der Waals surface area contributed by atoms with Crippen LogP contribution in [0.1, 0.15) is 30.3 Å². The van der Waals surface area contributed by atoms with E-state index in [2.05, 4.69) is 4.98 Å². The smallest absolute Gasteiger partial charge is 0.259 e. The predicted molar refractivity (Wildman–Crippen MR) is 117 cm³/mol. The van der Waals surface area contributed by atoms with Crippen LogP contribution in [-0.2, 0) is 6.54 Å². The van der Waals surface area contributed by atoms with Crippen LogP contribution in [0.5, 0.6) is 23.0 Å². The van der Waals surface area contributed by atoms with Gasteiger partial charge in [-0.1, -0.05) is 0 Å². The maximum Gasteiger partial charge on any atom is 0.259 e. The van der Waals surface area contributed by atoms with Crippen molar-refractivity contribution in [3.63, 3.8) is 0 Å². The molecule has 1 aromatic heterocycles. The third kappa shape index (κ3) is 4.03. The summed E-state index contributed by atoms with van der Waals surface area (Å²) in [6.07, 6.45) is 2.12. The fourth-order valence-electron chi connectivity index (χ4n) is 4.42. The largest absolute Gasteiger partial charge is 0.497 e. The standard InChI is InChI=1S/C23H27N3O5/c1-28-14-7-8-19(29-2)16(10-14)18-6-5-9-26(18)13-22-24-17-12-21(31-4)20(30-3)11-15(17)23(27)25-22/h7-8,10-12,18H,5-6,9,13H2,1-4H3,(H,24,25,27)/p+1/t18-/m0/s1. The molecule has 4 rings (SSSR count). The number of aromatic amines is 1. The Balaban J connectivity index is 1.68. The summed E-state index contributed by atoms with van der Waals surface area (Å²) in [5.41, 5.74) is 1.52. The molecule has 1 aliphatic rings. The Morgan fingerprint density at radius 1 is 1.00 bits per heavy atom. The van der Waals surface area contributed by atoms with Crippen LogP contribution in [0.4, 0.5) is 0 Å². The lowest BCUT2D eigenvalue weighted by molar-refractivity contribution is -0.932. The van der Waals surface area contributed by atoms with Crippen LogP contribution < -0.4 is 29.4 Å². The number of methoxy groups -OCH3 is 4. The molecule has 2 N–H and O–H groups in total. The Labute approximate surface area is 180 Å². The first-order valence-corrected chi connectivity index (χ1v) is 10.3. The Morgan fingerprint density at radius 2 is 1.74 bits per heavy atom. The fraction of sp³-hybridized carbons (Fsp3) is 0.391. The second-order valence-corrected chi connectivity index (χ2v) is 7.62. The van der Waals surface area contributed by atoms with Crippen LogP contribution in [0.2, 0.25) is 0 Å². The Bertz CT molecular complexity index is 1140. The monoisotopic (exact) mass is 426 g/mol. The van der Waals surface area contributed by atoms with Crippen LogP contribution in [0.25, 0.3) is 10.9 Å². The molecule has 0 bridgehead atoms. The first-order chi connectivity index (χ1) is 15.1. The molecule has 2 aromatic carbocycles. The van der Waals surface area contributed by atoms with Gasteiger partial charge in [0, 0.05) is 18.9 Å². The van der Waals surface area contributed by atoms with E-state index in [0.29, 0.717) is 34.8 Å². The summed E-state index contributed by atoms with van der Waals surface area (Å²) in [5.74, 6) is 3.35. The van der Waals surface area contributed by atoms with Crippen molar-refractivity contribution in [2.75, 3.05) is 35.0 Å². The number of aromatic nitrogens is 2. The molecular weight excluding hydrogens is 398 g/mol. The number of rotatable bonds is 7. The van der Waals surface area contributed by atoms with Gasteiger partial charge in [-0.3, -0.25) is 4.79 Å². The van der Waals surface area contributed by atoms with Crippen LogP contribution >= 0.6 is 0 Å². The molecule has 2 atom stereocenters. The van der Waals surface area contributed by atoms with E-state index in [0.717, 1.165) is 36.4 Å². The highest BCUT2D eigenvalue weighted by Crippen LogP contribution is 2.32. The lowest BCUT2D eigenvalue weighted by Gasteiger charge is -2.23.